The van der Waals surface area contributed by atoms with Crippen LogP contribution in [0.3, 0.4) is 0 Å². The van der Waals surface area contributed by atoms with Gasteiger partial charge in [-0.3, -0.25) is 0 Å². The van der Waals surface area contributed by atoms with Gasteiger partial charge < -0.3 is 15.8 Å². The van der Waals surface area contributed by atoms with Crippen LogP contribution >= 0.6 is 11.6 Å². The SMILES string of the molecule is C[C@@H](C/C=C/c1cnc(N)nc1Cl)NC(=O)OC(C)(C)C. The molecule has 0 saturated carbocycles. The lowest BCUT2D eigenvalue weighted by Crippen LogP contribution is -2.37. The van der Waals surface area contributed by atoms with Crippen molar-refractivity contribution in [1.82, 2.24) is 15.3 Å². The summed E-state index contributed by atoms with van der Waals surface area (Å²) in [5.41, 5.74) is 5.59. The Kier molecular flexibility index (Phi) is 5.96. The molecule has 6 nitrogen and oxygen atoms in total. The predicted molar refractivity (Wildman–Crippen MR) is 83.9 cm³/mol. The molecule has 1 aromatic heterocycles. The smallest absolute Gasteiger partial charge is 0.407 e. The first kappa shape index (κ1) is 17.2. The number of ether oxygens (including phenoxy) is 1. The quantitative estimate of drug-likeness (QED) is 0.834. The normalized spacial score (nSPS) is 13.2. The van der Waals surface area contributed by atoms with Gasteiger partial charge in [0.1, 0.15) is 10.8 Å². The average molecular weight is 313 g/mol. The molecule has 116 valence electrons. The Labute approximate surface area is 129 Å². The average Bonchev–Trinajstić information content (AvgIpc) is 2.29. The van der Waals surface area contributed by atoms with E-state index < -0.39 is 11.7 Å². The summed E-state index contributed by atoms with van der Waals surface area (Å²) in [6.45, 7) is 7.34. The zero-order valence-corrected chi connectivity index (χ0v) is 13.4. The fourth-order valence-corrected chi connectivity index (χ4v) is 1.66. The Hall–Kier alpha value is -1.82. The lowest BCUT2D eigenvalue weighted by Gasteiger charge is -2.21. The van der Waals surface area contributed by atoms with Gasteiger partial charge in [-0.05, 0) is 34.1 Å². The molecule has 0 spiro atoms. The van der Waals surface area contributed by atoms with E-state index in [-0.39, 0.29) is 12.0 Å². The second-order valence-electron chi connectivity index (χ2n) is 5.66. The van der Waals surface area contributed by atoms with Gasteiger partial charge in [0, 0.05) is 17.8 Å². The number of rotatable bonds is 4. The van der Waals surface area contributed by atoms with E-state index in [9.17, 15) is 4.79 Å². The number of nitrogens with zero attached hydrogens (tertiary/aromatic N) is 2. The van der Waals surface area contributed by atoms with Crippen LogP contribution in [0.1, 0.15) is 39.7 Å². The standard InChI is InChI=1S/C14H21ClN4O2/c1-9(18-13(20)21-14(2,3)4)6-5-7-10-8-17-12(16)19-11(10)15/h5,7-9H,6H2,1-4H3,(H,18,20)(H2,16,17,19)/b7-5+/t9-/m0/s1. The molecule has 1 amide bonds. The number of hydrogen-bond donors (Lipinski definition) is 2. The number of halogens is 1. The molecular formula is C14H21ClN4O2. The lowest BCUT2D eigenvalue weighted by molar-refractivity contribution is 0.0509. The van der Waals surface area contributed by atoms with Gasteiger partial charge in [-0.2, -0.15) is 0 Å². The minimum atomic E-state index is -0.505. The molecule has 0 aliphatic carbocycles. The maximum atomic E-state index is 11.6. The van der Waals surface area contributed by atoms with Gasteiger partial charge in [-0.15, -0.1) is 0 Å². The fraction of sp³-hybridized carbons (Fsp3) is 0.500. The van der Waals surface area contributed by atoms with Gasteiger partial charge in [-0.25, -0.2) is 14.8 Å². The summed E-state index contributed by atoms with van der Waals surface area (Å²) in [6.07, 6.45) is 5.41. The first-order valence-electron chi connectivity index (χ1n) is 6.61. The molecule has 0 aliphatic rings. The van der Waals surface area contributed by atoms with Crippen molar-refractivity contribution in [2.24, 2.45) is 0 Å². The summed E-state index contributed by atoms with van der Waals surface area (Å²) in [6, 6.07) is -0.0652. The Morgan fingerprint density at radius 2 is 2.24 bits per heavy atom. The van der Waals surface area contributed by atoms with E-state index in [0.29, 0.717) is 17.1 Å². The molecule has 1 atom stereocenters. The Morgan fingerprint density at radius 1 is 1.57 bits per heavy atom. The van der Waals surface area contributed by atoms with Gasteiger partial charge in [0.2, 0.25) is 5.95 Å². The molecule has 0 saturated heterocycles. The van der Waals surface area contributed by atoms with E-state index in [1.54, 1.807) is 12.3 Å². The van der Waals surface area contributed by atoms with Crippen LogP contribution in [0.15, 0.2) is 12.3 Å². The van der Waals surface area contributed by atoms with Crippen molar-refractivity contribution in [2.45, 2.75) is 45.8 Å². The van der Waals surface area contributed by atoms with Crippen LogP contribution < -0.4 is 11.1 Å². The van der Waals surface area contributed by atoms with Crippen LogP contribution in [-0.2, 0) is 4.74 Å². The van der Waals surface area contributed by atoms with Crippen molar-refractivity contribution in [3.63, 3.8) is 0 Å². The maximum absolute atomic E-state index is 11.6. The highest BCUT2D eigenvalue weighted by molar-refractivity contribution is 6.30. The Balaban J connectivity index is 2.47. The number of nitrogens with two attached hydrogens (primary N) is 1. The molecule has 1 rings (SSSR count). The third-order valence-corrected chi connectivity index (χ3v) is 2.64. The molecule has 21 heavy (non-hydrogen) atoms. The second kappa shape index (κ2) is 7.26. The van der Waals surface area contributed by atoms with Crippen molar-refractivity contribution >= 4 is 29.7 Å². The molecule has 7 heteroatoms. The minimum absolute atomic E-state index is 0.0652. The Bertz CT molecular complexity index is 526. The van der Waals surface area contributed by atoms with Crippen LogP contribution in [0.4, 0.5) is 10.7 Å². The van der Waals surface area contributed by atoms with E-state index in [1.165, 1.54) is 0 Å². The molecule has 0 aliphatic heterocycles. The number of nitrogens with one attached hydrogen (secondary N) is 1. The fourth-order valence-electron chi connectivity index (χ4n) is 1.46. The number of amides is 1. The molecular weight excluding hydrogens is 292 g/mol. The molecule has 1 aromatic rings. The van der Waals surface area contributed by atoms with Crippen molar-refractivity contribution < 1.29 is 9.53 Å². The van der Waals surface area contributed by atoms with E-state index in [4.69, 9.17) is 22.1 Å². The highest BCUT2D eigenvalue weighted by Crippen LogP contribution is 2.14. The maximum Gasteiger partial charge on any atom is 0.407 e. The van der Waals surface area contributed by atoms with Gasteiger partial charge in [0.25, 0.3) is 0 Å². The summed E-state index contributed by atoms with van der Waals surface area (Å²) in [5.74, 6) is 0.136. The van der Waals surface area contributed by atoms with Crippen LogP contribution in [0.5, 0.6) is 0 Å². The molecule has 0 aromatic carbocycles. The first-order chi connectivity index (χ1) is 9.67. The molecule has 0 radical (unpaired) electrons. The van der Waals surface area contributed by atoms with Gasteiger partial charge >= 0.3 is 6.09 Å². The summed E-state index contributed by atoms with van der Waals surface area (Å²) >= 11 is 5.93. The molecule has 0 fully saturated rings. The van der Waals surface area contributed by atoms with Crippen molar-refractivity contribution in [2.75, 3.05) is 5.73 Å². The lowest BCUT2D eigenvalue weighted by atomic mass is 10.2. The van der Waals surface area contributed by atoms with Gasteiger partial charge in [0.05, 0.1) is 0 Å². The minimum Gasteiger partial charge on any atom is -0.444 e. The highest BCUT2D eigenvalue weighted by Gasteiger charge is 2.17. The molecule has 0 unspecified atom stereocenters. The zero-order valence-electron chi connectivity index (χ0n) is 12.7. The summed E-state index contributed by atoms with van der Waals surface area (Å²) in [5, 5.41) is 3.05. The zero-order chi connectivity index (χ0) is 16.0. The monoisotopic (exact) mass is 312 g/mol. The topological polar surface area (TPSA) is 90.1 Å². The number of nitrogen functional groups attached to an aromatic ring is 1. The second-order valence-corrected chi connectivity index (χ2v) is 6.02. The molecule has 3 N–H and O–H groups in total. The van der Waals surface area contributed by atoms with Gasteiger partial charge in [0.15, 0.2) is 0 Å². The highest BCUT2D eigenvalue weighted by atomic mass is 35.5. The first-order valence-corrected chi connectivity index (χ1v) is 6.99. The van der Waals surface area contributed by atoms with Gasteiger partial charge in [-0.1, -0.05) is 23.8 Å². The summed E-state index contributed by atoms with van der Waals surface area (Å²) in [4.78, 5) is 19.3. The van der Waals surface area contributed by atoms with E-state index in [2.05, 4.69) is 15.3 Å². The summed E-state index contributed by atoms with van der Waals surface area (Å²) < 4.78 is 5.18. The third kappa shape index (κ3) is 6.94. The number of anilines is 1. The van der Waals surface area contributed by atoms with Crippen molar-refractivity contribution in [3.8, 4) is 0 Å². The van der Waals surface area contributed by atoms with E-state index in [1.807, 2.05) is 33.8 Å². The van der Waals surface area contributed by atoms with E-state index in [0.717, 1.165) is 0 Å². The predicted octanol–water partition coefficient (Wildman–Crippen LogP) is 3.03. The van der Waals surface area contributed by atoms with Crippen LogP contribution in [0, 0.1) is 0 Å². The number of alkyl carbamates (subject to hydrolysis) is 1. The number of carbonyl (C=O) groups excluding carboxylic acids is 1. The van der Waals surface area contributed by atoms with Crippen LogP contribution in [0.25, 0.3) is 6.08 Å². The molecule has 1 heterocycles. The van der Waals surface area contributed by atoms with Crippen LogP contribution in [-0.4, -0.2) is 27.7 Å². The number of aromatic nitrogens is 2. The molecule has 0 bridgehead atoms. The number of hydrogen-bond acceptors (Lipinski definition) is 5. The number of carbonyl (C=O) groups is 1. The van der Waals surface area contributed by atoms with Crippen molar-refractivity contribution in [1.29, 1.82) is 0 Å². The Morgan fingerprint density at radius 3 is 2.81 bits per heavy atom. The van der Waals surface area contributed by atoms with Crippen LogP contribution in [0.2, 0.25) is 5.15 Å². The largest absolute Gasteiger partial charge is 0.444 e. The van der Waals surface area contributed by atoms with Crippen molar-refractivity contribution in [3.05, 3.63) is 23.0 Å². The van der Waals surface area contributed by atoms with E-state index >= 15 is 0 Å². The third-order valence-electron chi connectivity index (χ3n) is 2.34. The summed E-state index contributed by atoms with van der Waals surface area (Å²) in [7, 11) is 0.